The SMILES string of the molecule is C[C@H]1COc2ncnc(Cl)c2C(=O)N1. The van der Waals surface area contributed by atoms with Crippen molar-refractivity contribution in [3.8, 4) is 5.88 Å². The van der Waals surface area contributed by atoms with Crippen LogP contribution in [-0.4, -0.2) is 28.5 Å². The van der Waals surface area contributed by atoms with Crippen molar-refractivity contribution < 1.29 is 9.53 Å². The van der Waals surface area contributed by atoms with E-state index in [1.54, 1.807) is 0 Å². The second-order valence-electron chi connectivity index (χ2n) is 3.03. The van der Waals surface area contributed by atoms with Crippen LogP contribution >= 0.6 is 11.6 Å². The van der Waals surface area contributed by atoms with E-state index in [9.17, 15) is 4.79 Å². The molecule has 0 fully saturated rings. The van der Waals surface area contributed by atoms with Crippen LogP contribution in [0.25, 0.3) is 0 Å². The minimum atomic E-state index is -0.296. The first kappa shape index (κ1) is 9.21. The number of carbonyl (C=O) groups is 1. The molecule has 0 bridgehead atoms. The van der Waals surface area contributed by atoms with Gasteiger partial charge >= 0.3 is 0 Å². The number of ether oxygens (including phenoxy) is 1. The van der Waals surface area contributed by atoms with E-state index in [0.717, 1.165) is 0 Å². The largest absolute Gasteiger partial charge is 0.475 e. The molecule has 1 aliphatic heterocycles. The van der Waals surface area contributed by atoms with Gasteiger partial charge in [-0.3, -0.25) is 4.79 Å². The lowest BCUT2D eigenvalue weighted by molar-refractivity contribution is 0.0942. The second kappa shape index (κ2) is 3.42. The van der Waals surface area contributed by atoms with E-state index in [4.69, 9.17) is 16.3 Å². The van der Waals surface area contributed by atoms with Crippen molar-refractivity contribution in [2.75, 3.05) is 6.61 Å². The summed E-state index contributed by atoms with van der Waals surface area (Å²) in [6, 6.07) is -0.0623. The first-order chi connectivity index (χ1) is 6.68. The maximum absolute atomic E-state index is 11.6. The number of halogens is 1. The number of aromatic nitrogens is 2. The van der Waals surface area contributed by atoms with Crippen molar-refractivity contribution in [3.05, 3.63) is 17.0 Å². The number of amides is 1. The maximum atomic E-state index is 11.6. The molecule has 1 atom stereocenters. The molecule has 5 nitrogen and oxygen atoms in total. The minimum Gasteiger partial charge on any atom is -0.475 e. The Bertz CT molecular complexity index is 383. The van der Waals surface area contributed by atoms with Gasteiger partial charge in [0.1, 0.15) is 23.7 Å². The van der Waals surface area contributed by atoms with Gasteiger partial charge in [0.25, 0.3) is 5.91 Å². The predicted molar refractivity (Wildman–Crippen MR) is 49.5 cm³/mol. The van der Waals surface area contributed by atoms with E-state index in [2.05, 4.69) is 15.3 Å². The van der Waals surface area contributed by atoms with E-state index in [-0.39, 0.29) is 28.5 Å². The molecule has 2 heterocycles. The number of nitrogens with zero attached hydrogens (tertiary/aromatic N) is 2. The minimum absolute atomic E-state index is 0.0623. The van der Waals surface area contributed by atoms with Crippen molar-refractivity contribution in [3.63, 3.8) is 0 Å². The third-order valence-corrected chi connectivity index (χ3v) is 2.13. The molecule has 1 amide bonds. The van der Waals surface area contributed by atoms with Gasteiger partial charge in [-0.25, -0.2) is 9.97 Å². The molecule has 1 aliphatic rings. The number of rotatable bonds is 0. The van der Waals surface area contributed by atoms with Crippen LogP contribution in [-0.2, 0) is 0 Å². The highest BCUT2D eigenvalue weighted by Crippen LogP contribution is 2.23. The van der Waals surface area contributed by atoms with E-state index >= 15 is 0 Å². The van der Waals surface area contributed by atoms with E-state index in [0.29, 0.717) is 6.61 Å². The Hall–Kier alpha value is -1.36. The Labute approximate surface area is 85.5 Å². The van der Waals surface area contributed by atoms with Crippen molar-refractivity contribution in [2.45, 2.75) is 13.0 Å². The van der Waals surface area contributed by atoms with Gasteiger partial charge in [-0.05, 0) is 6.92 Å². The van der Waals surface area contributed by atoms with Crippen molar-refractivity contribution in [2.24, 2.45) is 0 Å². The first-order valence-electron chi connectivity index (χ1n) is 4.12. The van der Waals surface area contributed by atoms with Crippen LogP contribution in [0.4, 0.5) is 0 Å². The standard InChI is InChI=1S/C8H8ClN3O2/c1-4-2-14-8-5(7(13)12-4)6(9)10-3-11-8/h3-4H,2H2,1H3,(H,12,13)/t4-/m0/s1. The third-order valence-electron chi connectivity index (χ3n) is 1.84. The number of hydrogen-bond donors (Lipinski definition) is 1. The lowest BCUT2D eigenvalue weighted by Gasteiger charge is -2.07. The molecule has 74 valence electrons. The Morgan fingerprint density at radius 1 is 1.64 bits per heavy atom. The molecule has 0 spiro atoms. The Morgan fingerprint density at radius 3 is 3.21 bits per heavy atom. The topological polar surface area (TPSA) is 64.1 Å². The van der Waals surface area contributed by atoms with Gasteiger partial charge in [0, 0.05) is 0 Å². The monoisotopic (exact) mass is 213 g/mol. The molecule has 0 radical (unpaired) electrons. The number of fused-ring (bicyclic) bond motifs is 1. The lowest BCUT2D eigenvalue weighted by atomic mass is 10.3. The normalized spacial score (nSPS) is 20.4. The van der Waals surface area contributed by atoms with E-state index < -0.39 is 0 Å². The Kier molecular flexibility index (Phi) is 2.25. The number of hydrogen-bond acceptors (Lipinski definition) is 4. The van der Waals surface area contributed by atoms with Gasteiger partial charge in [-0.1, -0.05) is 11.6 Å². The van der Waals surface area contributed by atoms with Crippen LogP contribution in [0.2, 0.25) is 5.15 Å². The molecule has 0 aromatic carbocycles. The fraction of sp³-hybridized carbons (Fsp3) is 0.375. The zero-order valence-corrected chi connectivity index (χ0v) is 8.21. The highest BCUT2D eigenvalue weighted by molar-refractivity contribution is 6.33. The van der Waals surface area contributed by atoms with Crippen LogP contribution in [0.15, 0.2) is 6.33 Å². The molecule has 1 N–H and O–H groups in total. The van der Waals surface area contributed by atoms with Crippen LogP contribution in [0.3, 0.4) is 0 Å². The summed E-state index contributed by atoms with van der Waals surface area (Å²) < 4.78 is 5.29. The van der Waals surface area contributed by atoms with Gasteiger partial charge in [0.2, 0.25) is 5.88 Å². The molecule has 0 unspecified atom stereocenters. The molecule has 6 heteroatoms. The summed E-state index contributed by atoms with van der Waals surface area (Å²) in [7, 11) is 0. The van der Waals surface area contributed by atoms with Gasteiger partial charge in [-0.15, -0.1) is 0 Å². The Morgan fingerprint density at radius 2 is 2.43 bits per heavy atom. The van der Waals surface area contributed by atoms with Gasteiger partial charge in [0.05, 0.1) is 6.04 Å². The highest BCUT2D eigenvalue weighted by atomic mass is 35.5. The average Bonchev–Trinajstić information content (AvgIpc) is 2.27. The summed E-state index contributed by atoms with van der Waals surface area (Å²) >= 11 is 5.77. The van der Waals surface area contributed by atoms with Crippen LogP contribution in [0.1, 0.15) is 17.3 Å². The van der Waals surface area contributed by atoms with Gasteiger partial charge < -0.3 is 10.1 Å². The lowest BCUT2D eigenvalue weighted by Crippen LogP contribution is -2.34. The van der Waals surface area contributed by atoms with Crippen LogP contribution < -0.4 is 10.1 Å². The van der Waals surface area contributed by atoms with Crippen molar-refractivity contribution in [1.29, 1.82) is 0 Å². The summed E-state index contributed by atoms with van der Waals surface area (Å²) in [6.45, 7) is 2.22. The van der Waals surface area contributed by atoms with E-state index in [1.165, 1.54) is 6.33 Å². The number of carbonyl (C=O) groups excluding carboxylic acids is 1. The maximum Gasteiger partial charge on any atom is 0.260 e. The zero-order chi connectivity index (χ0) is 10.1. The van der Waals surface area contributed by atoms with Crippen molar-refractivity contribution >= 4 is 17.5 Å². The molecule has 0 saturated heterocycles. The fourth-order valence-electron chi connectivity index (χ4n) is 1.19. The van der Waals surface area contributed by atoms with Crippen LogP contribution in [0.5, 0.6) is 5.88 Å². The zero-order valence-electron chi connectivity index (χ0n) is 7.45. The molecular formula is C8H8ClN3O2. The van der Waals surface area contributed by atoms with Gasteiger partial charge in [0.15, 0.2) is 0 Å². The molecule has 1 aromatic heterocycles. The summed E-state index contributed by atoms with van der Waals surface area (Å²) in [6.07, 6.45) is 1.27. The molecule has 0 saturated carbocycles. The third kappa shape index (κ3) is 1.50. The highest BCUT2D eigenvalue weighted by Gasteiger charge is 2.24. The summed E-state index contributed by atoms with van der Waals surface area (Å²) in [5, 5.41) is 2.82. The summed E-state index contributed by atoms with van der Waals surface area (Å²) in [5.41, 5.74) is 0.207. The van der Waals surface area contributed by atoms with Crippen LogP contribution in [0, 0.1) is 0 Å². The molecule has 2 rings (SSSR count). The number of nitrogens with one attached hydrogen (secondary N) is 1. The van der Waals surface area contributed by atoms with Gasteiger partial charge in [-0.2, -0.15) is 0 Å². The molecule has 0 aliphatic carbocycles. The smallest absolute Gasteiger partial charge is 0.260 e. The second-order valence-corrected chi connectivity index (χ2v) is 3.39. The first-order valence-corrected chi connectivity index (χ1v) is 4.50. The summed E-state index contributed by atoms with van der Waals surface area (Å²) in [5.74, 6) is -0.0533. The van der Waals surface area contributed by atoms with Crippen molar-refractivity contribution in [1.82, 2.24) is 15.3 Å². The predicted octanol–water partition coefficient (Wildman–Crippen LogP) is 0.641. The molecule has 14 heavy (non-hydrogen) atoms. The Balaban J connectivity index is 2.49. The summed E-state index contributed by atoms with van der Waals surface area (Å²) in [4.78, 5) is 19.2. The van der Waals surface area contributed by atoms with E-state index in [1.807, 2.05) is 6.92 Å². The fourth-order valence-corrected chi connectivity index (χ4v) is 1.40. The molecule has 1 aromatic rings. The average molecular weight is 214 g/mol. The quantitative estimate of drug-likeness (QED) is 0.643. The molecular weight excluding hydrogens is 206 g/mol.